The molecule has 0 fully saturated rings. The largest absolute Gasteiger partial charge is 0.348 e. The number of aromatic nitrogens is 1. The first-order valence-electron chi connectivity index (χ1n) is 6.87. The fraction of sp³-hybridized carbons (Fsp3) is 0.125. The van der Waals surface area contributed by atoms with Crippen LogP contribution in [0.2, 0.25) is 0 Å². The highest BCUT2D eigenvalue weighted by Gasteiger charge is 2.16. The van der Waals surface area contributed by atoms with Crippen LogP contribution in [0.15, 0.2) is 59.6 Å². The zero-order valence-corrected chi connectivity index (χ0v) is 13.0. The third-order valence-electron chi connectivity index (χ3n) is 3.61. The van der Waals surface area contributed by atoms with Gasteiger partial charge in [-0.3, -0.25) is 4.72 Å². The number of fused-ring (bicyclic) bond motifs is 1. The molecule has 0 amide bonds. The highest BCUT2D eigenvalue weighted by molar-refractivity contribution is 7.92. The standard InChI is InChI=1S/C16H17N3O2S/c1-19-11-15(14-4-2-3-5-16(14)19)18-22(20,21)13-8-6-12(10-17)7-9-13/h2-9,11,18H,10,17H2,1H3. The van der Waals surface area contributed by atoms with Crippen molar-refractivity contribution in [2.45, 2.75) is 11.4 Å². The summed E-state index contributed by atoms with van der Waals surface area (Å²) in [5, 5.41) is 0.868. The predicted octanol–water partition coefficient (Wildman–Crippen LogP) is 2.44. The van der Waals surface area contributed by atoms with Crippen molar-refractivity contribution in [3.63, 3.8) is 0 Å². The first-order chi connectivity index (χ1) is 10.5. The van der Waals surface area contributed by atoms with Crippen LogP contribution in [0.3, 0.4) is 0 Å². The van der Waals surface area contributed by atoms with Gasteiger partial charge in [0.2, 0.25) is 0 Å². The van der Waals surface area contributed by atoms with Crippen molar-refractivity contribution < 1.29 is 8.42 Å². The Morgan fingerprint density at radius 2 is 1.77 bits per heavy atom. The molecule has 2 aromatic carbocycles. The van der Waals surface area contributed by atoms with Crippen LogP contribution in [-0.2, 0) is 23.6 Å². The molecule has 0 aliphatic rings. The molecule has 0 saturated heterocycles. The summed E-state index contributed by atoms with van der Waals surface area (Å²) in [4.78, 5) is 0.220. The Morgan fingerprint density at radius 3 is 2.45 bits per heavy atom. The van der Waals surface area contributed by atoms with Crippen LogP contribution in [0.4, 0.5) is 5.69 Å². The Kier molecular flexibility index (Phi) is 3.64. The molecular weight excluding hydrogens is 298 g/mol. The van der Waals surface area contributed by atoms with Gasteiger partial charge in [0.05, 0.1) is 10.6 Å². The van der Waals surface area contributed by atoms with Crippen molar-refractivity contribution in [2.75, 3.05) is 4.72 Å². The summed E-state index contributed by atoms with van der Waals surface area (Å²) in [5.41, 5.74) is 7.96. The van der Waals surface area contributed by atoms with Gasteiger partial charge in [-0.1, -0.05) is 30.3 Å². The number of hydrogen-bond acceptors (Lipinski definition) is 3. The maximum atomic E-state index is 12.5. The molecule has 3 aromatic rings. The molecule has 0 atom stereocenters. The molecule has 1 aromatic heterocycles. The molecule has 5 nitrogen and oxygen atoms in total. The van der Waals surface area contributed by atoms with Gasteiger partial charge in [-0.15, -0.1) is 0 Å². The average Bonchev–Trinajstić information content (AvgIpc) is 2.83. The van der Waals surface area contributed by atoms with E-state index < -0.39 is 10.0 Å². The number of para-hydroxylation sites is 1. The maximum Gasteiger partial charge on any atom is 0.261 e. The number of benzene rings is 2. The SMILES string of the molecule is Cn1cc(NS(=O)(=O)c2ccc(CN)cc2)c2ccccc21. The third-order valence-corrected chi connectivity index (χ3v) is 4.99. The lowest BCUT2D eigenvalue weighted by molar-refractivity contribution is 0.601. The normalized spacial score (nSPS) is 11.7. The van der Waals surface area contributed by atoms with E-state index in [2.05, 4.69) is 4.72 Å². The van der Waals surface area contributed by atoms with Crippen LogP contribution in [0, 0.1) is 0 Å². The van der Waals surface area contributed by atoms with Crippen LogP contribution in [-0.4, -0.2) is 13.0 Å². The first-order valence-corrected chi connectivity index (χ1v) is 8.35. The number of aryl methyl sites for hydroxylation is 1. The van der Waals surface area contributed by atoms with E-state index in [1.807, 2.05) is 35.9 Å². The number of nitrogens with zero attached hydrogens (tertiary/aromatic N) is 1. The number of nitrogens with one attached hydrogen (secondary N) is 1. The lowest BCUT2D eigenvalue weighted by atomic mass is 10.2. The average molecular weight is 315 g/mol. The van der Waals surface area contributed by atoms with Crippen LogP contribution < -0.4 is 10.5 Å². The lowest BCUT2D eigenvalue weighted by Crippen LogP contribution is -2.12. The van der Waals surface area contributed by atoms with Gasteiger partial charge in [0, 0.05) is 30.7 Å². The number of rotatable bonds is 4. The van der Waals surface area contributed by atoms with Crippen molar-refractivity contribution in [1.82, 2.24) is 4.57 Å². The summed E-state index contributed by atoms with van der Waals surface area (Å²) in [6, 6.07) is 14.2. The van der Waals surface area contributed by atoms with E-state index in [4.69, 9.17) is 5.73 Å². The van der Waals surface area contributed by atoms with Crippen LogP contribution in [0.5, 0.6) is 0 Å². The van der Waals surface area contributed by atoms with Crippen LogP contribution >= 0.6 is 0 Å². The summed E-state index contributed by atoms with van der Waals surface area (Å²) < 4.78 is 29.6. The Bertz CT molecular complexity index is 912. The molecular formula is C16H17N3O2S. The highest BCUT2D eigenvalue weighted by atomic mass is 32.2. The number of hydrogen-bond donors (Lipinski definition) is 2. The van der Waals surface area contributed by atoms with Gasteiger partial charge in [0.1, 0.15) is 0 Å². The van der Waals surface area contributed by atoms with E-state index in [1.165, 1.54) is 0 Å². The molecule has 22 heavy (non-hydrogen) atoms. The zero-order chi connectivity index (χ0) is 15.7. The van der Waals surface area contributed by atoms with Crippen molar-refractivity contribution >= 4 is 26.6 Å². The second kappa shape index (κ2) is 5.47. The van der Waals surface area contributed by atoms with Gasteiger partial charge in [-0.2, -0.15) is 0 Å². The lowest BCUT2D eigenvalue weighted by Gasteiger charge is -2.07. The topological polar surface area (TPSA) is 77.1 Å². The van der Waals surface area contributed by atoms with E-state index in [1.54, 1.807) is 30.5 Å². The zero-order valence-electron chi connectivity index (χ0n) is 12.2. The summed E-state index contributed by atoms with van der Waals surface area (Å²) in [6.45, 7) is 0.386. The molecule has 0 spiro atoms. The highest BCUT2D eigenvalue weighted by Crippen LogP contribution is 2.27. The van der Waals surface area contributed by atoms with Crippen molar-refractivity contribution in [2.24, 2.45) is 12.8 Å². The number of sulfonamides is 1. The van der Waals surface area contributed by atoms with Crippen LogP contribution in [0.25, 0.3) is 10.9 Å². The Hall–Kier alpha value is -2.31. The van der Waals surface area contributed by atoms with Gasteiger partial charge in [-0.25, -0.2) is 8.42 Å². The van der Waals surface area contributed by atoms with E-state index in [-0.39, 0.29) is 4.90 Å². The smallest absolute Gasteiger partial charge is 0.261 e. The minimum Gasteiger partial charge on any atom is -0.348 e. The first kappa shape index (κ1) is 14.6. The molecule has 0 aliphatic carbocycles. The fourth-order valence-corrected chi connectivity index (χ4v) is 3.50. The molecule has 0 bridgehead atoms. The number of anilines is 1. The summed E-state index contributed by atoms with van der Waals surface area (Å²) >= 11 is 0. The van der Waals surface area contributed by atoms with Crippen molar-refractivity contribution in [3.05, 3.63) is 60.3 Å². The Balaban J connectivity index is 1.99. The minimum atomic E-state index is -3.62. The van der Waals surface area contributed by atoms with Crippen molar-refractivity contribution in [1.29, 1.82) is 0 Å². The maximum absolute atomic E-state index is 12.5. The Morgan fingerprint density at radius 1 is 1.09 bits per heavy atom. The summed E-state index contributed by atoms with van der Waals surface area (Å²) in [5.74, 6) is 0. The Labute approximate surface area is 129 Å². The van der Waals surface area contributed by atoms with Gasteiger partial charge in [0.15, 0.2) is 0 Å². The third kappa shape index (κ3) is 2.58. The second-order valence-electron chi connectivity index (χ2n) is 5.12. The summed E-state index contributed by atoms with van der Waals surface area (Å²) in [6.07, 6.45) is 1.77. The monoisotopic (exact) mass is 315 g/mol. The molecule has 3 rings (SSSR count). The number of nitrogens with two attached hydrogens (primary N) is 1. The molecule has 3 N–H and O–H groups in total. The molecule has 0 aliphatic heterocycles. The van der Waals surface area contributed by atoms with E-state index >= 15 is 0 Å². The van der Waals surface area contributed by atoms with Gasteiger partial charge >= 0.3 is 0 Å². The second-order valence-corrected chi connectivity index (χ2v) is 6.81. The van der Waals surface area contributed by atoms with Gasteiger partial charge < -0.3 is 10.3 Å². The van der Waals surface area contributed by atoms with E-state index in [0.717, 1.165) is 16.5 Å². The van der Waals surface area contributed by atoms with E-state index in [0.29, 0.717) is 12.2 Å². The van der Waals surface area contributed by atoms with Crippen LogP contribution in [0.1, 0.15) is 5.56 Å². The molecule has 1 heterocycles. The molecule has 114 valence electrons. The fourth-order valence-electron chi connectivity index (χ4n) is 2.43. The quantitative estimate of drug-likeness (QED) is 0.776. The van der Waals surface area contributed by atoms with Crippen molar-refractivity contribution in [3.8, 4) is 0 Å². The predicted molar refractivity (Wildman–Crippen MR) is 88.1 cm³/mol. The summed E-state index contributed by atoms with van der Waals surface area (Å²) in [7, 11) is -1.74. The van der Waals surface area contributed by atoms with Gasteiger partial charge in [-0.05, 0) is 23.8 Å². The molecule has 6 heteroatoms. The molecule has 0 saturated carbocycles. The molecule has 0 radical (unpaired) electrons. The minimum absolute atomic E-state index is 0.220. The van der Waals surface area contributed by atoms with E-state index in [9.17, 15) is 8.42 Å². The van der Waals surface area contributed by atoms with Gasteiger partial charge in [0.25, 0.3) is 10.0 Å². The molecule has 0 unspecified atom stereocenters.